The normalized spacial score (nSPS) is 13.7. The molecule has 1 aliphatic heterocycles. The van der Waals surface area contributed by atoms with Gasteiger partial charge in [-0.1, -0.05) is 35.3 Å². The van der Waals surface area contributed by atoms with Crippen molar-refractivity contribution < 1.29 is 19.0 Å². The third-order valence-corrected chi connectivity index (χ3v) is 7.59. The van der Waals surface area contributed by atoms with Crippen LogP contribution in [-0.4, -0.2) is 62.9 Å². The first-order valence-corrected chi connectivity index (χ1v) is 13.8. The fourth-order valence-electron chi connectivity index (χ4n) is 4.67. The smallest absolute Gasteiger partial charge is 0.332 e. The van der Waals surface area contributed by atoms with E-state index in [1.54, 1.807) is 41.3 Å². The van der Waals surface area contributed by atoms with E-state index in [4.69, 9.17) is 37.4 Å². The zero-order chi connectivity index (χ0) is 30.8. The van der Waals surface area contributed by atoms with Crippen LogP contribution in [0.5, 0.6) is 17.5 Å². The highest BCUT2D eigenvalue weighted by atomic mass is 35.5. The second-order valence-corrected chi connectivity index (χ2v) is 10.5. The first kappa shape index (κ1) is 29.9. The molecule has 5 rings (SSSR count). The molecule has 1 saturated heterocycles. The van der Waals surface area contributed by atoms with Crippen molar-refractivity contribution in [2.24, 2.45) is 14.1 Å². The van der Waals surface area contributed by atoms with Crippen molar-refractivity contribution in [3.05, 3.63) is 84.0 Å². The van der Waals surface area contributed by atoms with Crippen LogP contribution >= 0.6 is 23.2 Å². The molecule has 0 radical (unpaired) electrons. The molecule has 0 aliphatic carbocycles. The SMILES string of the molecule is COc1cc(C=C(C#N)C(=O)N2CCOCC2)ccc1Oc1nc2c(c(=O)n(C)c(=O)n2C)n1Cc1ccc(Cl)cc1Cl. The second-order valence-electron chi connectivity index (χ2n) is 9.68. The van der Waals surface area contributed by atoms with Crippen LogP contribution in [0.25, 0.3) is 17.2 Å². The highest BCUT2D eigenvalue weighted by Crippen LogP contribution is 2.34. The molecule has 1 aliphatic rings. The zero-order valence-corrected chi connectivity index (χ0v) is 25.0. The molecule has 12 nitrogen and oxygen atoms in total. The Hall–Kier alpha value is -4.57. The molecular weight excluding hydrogens is 599 g/mol. The van der Waals surface area contributed by atoms with E-state index in [9.17, 15) is 19.6 Å². The second kappa shape index (κ2) is 12.3. The number of benzene rings is 2. The number of morpholine rings is 1. The van der Waals surface area contributed by atoms with E-state index >= 15 is 0 Å². The summed E-state index contributed by atoms with van der Waals surface area (Å²) in [6, 6.07) is 11.8. The number of methoxy groups -OCH3 is 1. The topological polar surface area (TPSA) is 134 Å². The van der Waals surface area contributed by atoms with Gasteiger partial charge in [-0.05, 0) is 41.5 Å². The fourth-order valence-corrected chi connectivity index (χ4v) is 5.14. The van der Waals surface area contributed by atoms with Gasteiger partial charge >= 0.3 is 11.7 Å². The van der Waals surface area contributed by atoms with Crippen molar-refractivity contribution in [2.45, 2.75) is 6.54 Å². The number of aryl methyl sites for hydroxylation is 1. The Balaban J connectivity index is 1.56. The number of carbonyl (C=O) groups is 1. The van der Waals surface area contributed by atoms with E-state index in [1.165, 1.54) is 36.4 Å². The minimum absolute atomic E-state index is 0.00104. The fraction of sp³-hybridized carbons (Fsp3) is 0.276. The number of aromatic nitrogens is 4. The van der Waals surface area contributed by atoms with E-state index in [1.807, 2.05) is 6.07 Å². The summed E-state index contributed by atoms with van der Waals surface area (Å²) in [6.07, 6.45) is 1.47. The van der Waals surface area contributed by atoms with E-state index in [0.717, 1.165) is 4.57 Å². The summed E-state index contributed by atoms with van der Waals surface area (Å²) in [4.78, 5) is 44.8. The van der Waals surface area contributed by atoms with Gasteiger partial charge in [-0.25, -0.2) is 4.79 Å². The molecule has 1 fully saturated rings. The van der Waals surface area contributed by atoms with E-state index in [-0.39, 0.29) is 46.7 Å². The molecule has 0 saturated carbocycles. The number of carbonyl (C=O) groups excluding carboxylic acids is 1. The first-order chi connectivity index (χ1) is 20.6. The van der Waals surface area contributed by atoms with Crippen molar-refractivity contribution in [1.29, 1.82) is 5.26 Å². The number of hydrogen-bond donors (Lipinski definition) is 0. The highest BCUT2D eigenvalue weighted by Gasteiger charge is 2.24. The van der Waals surface area contributed by atoms with Crippen molar-refractivity contribution in [3.8, 4) is 23.6 Å². The standard InChI is InChI=1S/C29H26Cl2N6O6/c1-34-25-24(27(39)35(2)29(34)40)37(16-18-5-6-20(30)14-21(18)31)28(33-25)43-22-7-4-17(13-23(22)41-3)12-19(15-32)26(38)36-8-10-42-11-9-36/h4-7,12-14H,8-11,16H2,1-3H3. The summed E-state index contributed by atoms with van der Waals surface area (Å²) in [6.45, 7) is 1.72. The van der Waals surface area contributed by atoms with Crippen LogP contribution in [0.3, 0.4) is 0 Å². The van der Waals surface area contributed by atoms with Crippen molar-refractivity contribution in [3.63, 3.8) is 0 Å². The van der Waals surface area contributed by atoms with Crippen LogP contribution in [0, 0.1) is 11.3 Å². The van der Waals surface area contributed by atoms with Gasteiger partial charge in [0.15, 0.2) is 22.7 Å². The lowest BCUT2D eigenvalue weighted by molar-refractivity contribution is -0.130. The number of hydrogen-bond acceptors (Lipinski definition) is 8. The molecule has 1 amide bonds. The summed E-state index contributed by atoms with van der Waals surface area (Å²) >= 11 is 12.5. The third-order valence-electron chi connectivity index (χ3n) is 7.01. The zero-order valence-electron chi connectivity index (χ0n) is 23.5. The Morgan fingerprint density at radius 1 is 1.09 bits per heavy atom. The summed E-state index contributed by atoms with van der Waals surface area (Å²) in [5, 5.41) is 10.5. The predicted molar refractivity (Wildman–Crippen MR) is 160 cm³/mol. The summed E-state index contributed by atoms with van der Waals surface area (Å²) in [5.74, 6) is 0.125. The van der Waals surface area contributed by atoms with E-state index in [2.05, 4.69) is 4.98 Å². The van der Waals surface area contributed by atoms with Gasteiger partial charge in [0, 0.05) is 37.2 Å². The lowest BCUT2D eigenvalue weighted by atomic mass is 10.1. The Labute approximate surface area is 255 Å². The minimum Gasteiger partial charge on any atom is -0.493 e. The molecule has 14 heteroatoms. The van der Waals surface area contributed by atoms with Crippen molar-refractivity contribution >= 4 is 46.3 Å². The molecule has 3 heterocycles. The molecule has 4 aromatic rings. The lowest BCUT2D eigenvalue weighted by Crippen LogP contribution is -2.41. The van der Waals surface area contributed by atoms with Crippen molar-refractivity contribution in [2.75, 3.05) is 33.4 Å². The Morgan fingerprint density at radius 2 is 1.84 bits per heavy atom. The Kier molecular flexibility index (Phi) is 8.59. The number of imidazole rings is 1. The summed E-state index contributed by atoms with van der Waals surface area (Å²) in [7, 11) is 4.33. The quantitative estimate of drug-likeness (QED) is 0.226. The number of fused-ring (bicyclic) bond motifs is 1. The molecule has 0 bridgehead atoms. The van der Waals surface area contributed by atoms with Gasteiger partial charge in [0.2, 0.25) is 0 Å². The molecule has 222 valence electrons. The highest BCUT2D eigenvalue weighted by molar-refractivity contribution is 6.35. The van der Waals surface area contributed by atoms with Gasteiger partial charge in [-0.3, -0.25) is 23.3 Å². The van der Waals surface area contributed by atoms with Crippen LogP contribution in [0.1, 0.15) is 11.1 Å². The monoisotopic (exact) mass is 624 g/mol. The van der Waals surface area contributed by atoms with Crippen LogP contribution in [0.2, 0.25) is 10.0 Å². The Morgan fingerprint density at radius 3 is 2.51 bits per heavy atom. The molecule has 2 aromatic carbocycles. The number of nitrogens with zero attached hydrogens (tertiary/aromatic N) is 6. The lowest BCUT2D eigenvalue weighted by Gasteiger charge is -2.26. The molecule has 0 N–H and O–H groups in total. The summed E-state index contributed by atoms with van der Waals surface area (Å²) < 4.78 is 20.8. The van der Waals surface area contributed by atoms with Crippen molar-refractivity contribution in [1.82, 2.24) is 23.6 Å². The van der Waals surface area contributed by atoms with Gasteiger partial charge in [-0.2, -0.15) is 10.2 Å². The third kappa shape index (κ3) is 5.87. The maximum atomic E-state index is 13.3. The largest absolute Gasteiger partial charge is 0.493 e. The maximum absolute atomic E-state index is 13.3. The predicted octanol–water partition coefficient (Wildman–Crippen LogP) is 3.36. The van der Waals surface area contributed by atoms with Gasteiger partial charge < -0.3 is 19.1 Å². The number of ether oxygens (including phenoxy) is 3. The van der Waals surface area contributed by atoms with Crippen LogP contribution in [-0.2, 0) is 30.2 Å². The van der Waals surface area contributed by atoms with E-state index in [0.29, 0.717) is 47.5 Å². The number of amides is 1. The van der Waals surface area contributed by atoms with Crippen LogP contribution in [0.4, 0.5) is 0 Å². The number of nitriles is 1. The molecule has 43 heavy (non-hydrogen) atoms. The van der Waals surface area contributed by atoms with Gasteiger partial charge in [0.1, 0.15) is 11.6 Å². The molecule has 0 atom stereocenters. The molecule has 0 spiro atoms. The van der Waals surface area contributed by atoms with E-state index < -0.39 is 11.2 Å². The average molecular weight is 625 g/mol. The number of halogens is 2. The number of rotatable bonds is 7. The molecule has 0 unspecified atom stereocenters. The van der Waals surface area contributed by atoms with Gasteiger partial charge in [0.25, 0.3) is 11.5 Å². The Bertz CT molecular complexity index is 1930. The summed E-state index contributed by atoms with van der Waals surface area (Å²) in [5.41, 5.74) is 0.263. The molecule has 2 aromatic heterocycles. The minimum atomic E-state index is -0.563. The maximum Gasteiger partial charge on any atom is 0.332 e. The average Bonchev–Trinajstić information content (AvgIpc) is 3.37. The first-order valence-electron chi connectivity index (χ1n) is 13.1. The molecular formula is C29H26Cl2N6O6. The van der Waals surface area contributed by atoms with Gasteiger partial charge in [0.05, 0.1) is 26.9 Å². The van der Waals surface area contributed by atoms with Gasteiger partial charge in [-0.15, -0.1) is 0 Å². The van der Waals surface area contributed by atoms with Crippen LogP contribution in [0.15, 0.2) is 51.6 Å². The van der Waals surface area contributed by atoms with Crippen LogP contribution < -0.4 is 20.7 Å².